The summed E-state index contributed by atoms with van der Waals surface area (Å²) in [6, 6.07) is 7.20. The van der Waals surface area contributed by atoms with Gasteiger partial charge in [0.05, 0.1) is 25.7 Å². The first-order valence-electron chi connectivity index (χ1n) is 21.7. The zero-order valence-corrected chi connectivity index (χ0v) is 40.5. The van der Waals surface area contributed by atoms with Gasteiger partial charge in [-0.25, -0.2) is 0 Å². The van der Waals surface area contributed by atoms with Crippen molar-refractivity contribution < 1.29 is 70.1 Å². The van der Waals surface area contributed by atoms with Crippen LogP contribution >= 0.6 is 0 Å². The summed E-state index contributed by atoms with van der Waals surface area (Å²) in [4.78, 5) is 46.3. The van der Waals surface area contributed by atoms with Gasteiger partial charge in [-0.2, -0.15) is 0 Å². The van der Waals surface area contributed by atoms with Gasteiger partial charge in [0.25, 0.3) is 0 Å². The number of rotatable bonds is 20. The van der Waals surface area contributed by atoms with Crippen molar-refractivity contribution in [3.63, 3.8) is 0 Å². The van der Waals surface area contributed by atoms with Crippen LogP contribution in [0.25, 0.3) is 12.3 Å². The van der Waals surface area contributed by atoms with Crippen LogP contribution in [0.1, 0.15) is 166 Å². The molecule has 0 heterocycles. The van der Waals surface area contributed by atoms with Crippen LogP contribution in [0.15, 0.2) is 71.9 Å². The molecule has 0 saturated heterocycles. The number of nitrogens with two attached hydrogens (primary N) is 2. The molecule has 4 atom stereocenters. The number of carbonyl (C=O) groups excluding carboxylic acids is 2. The Balaban J connectivity index is 0.00000116. The van der Waals surface area contributed by atoms with Crippen LogP contribution in [-0.4, -0.2) is 44.3 Å². The molecule has 13 heteroatoms. The van der Waals surface area contributed by atoms with Gasteiger partial charge < -0.3 is 42.2 Å². The molecule has 0 amide bonds. The Morgan fingerprint density at radius 3 is 1.27 bits per heavy atom. The Labute approximate surface area is 389 Å². The Kier molecular flexibility index (Phi) is 27.0. The largest absolute Gasteiger partial charge is 2.00 e. The van der Waals surface area contributed by atoms with Crippen LogP contribution < -0.4 is 9.47 Å². The number of carboxylic acids is 2. The number of ether oxygens (including phenoxy) is 2. The average molecular weight is 1060 g/mol. The van der Waals surface area contributed by atoms with Crippen LogP contribution in [-0.2, 0) is 53.1 Å². The molecule has 4 unspecified atom stereocenters. The zero-order chi connectivity index (χ0) is 44.5. The fourth-order valence-corrected chi connectivity index (χ4v) is 8.20. The molecule has 8 N–H and O–H groups in total. The standard InChI is InChI=1S/2C25H34O5.2H2N.Pt/c2*1-5-6-7-8-18-14-21(26)25(20-13-17(4)9-10-19(20)16(2)3)22(15-18)30-24(29)12-11-23(27)28;;;/h2*13-15,19-20,26H,2,5-12H2,1,3-4H3,(H,27,28);2*1H2;/q;;2*-1;+2. The summed E-state index contributed by atoms with van der Waals surface area (Å²) in [5.41, 5.74) is 7.51. The van der Waals surface area contributed by atoms with Gasteiger partial charge in [0.1, 0.15) is 23.0 Å². The molecule has 2 aromatic rings. The number of hydrogen-bond acceptors (Lipinski definition) is 8. The number of phenols is 2. The third-order valence-electron chi connectivity index (χ3n) is 11.5. The summed E-state index contributed by atoms with van der Waals surface area (Å²) in [7, 11) is 0. The van der Waals surface area contributed by atoms with Crippen molar-refractivity contribution in [1.29, 1.82) is 0 Å². The van der Waals surface area contributed by atoms with Gasteiger partial charge in [-0.15, -0.1) is 0 Å². The quantitative estimate of drug-likeness (QED) is 0.0424. The van der Waals surface area contributed by atoms with Crippen LogP contribution in [0.3, 0.4) is 0 Å². The predicted molar refractivity (Wildman–Crippen MR) is 246 cm³/mol. The molecule has 12 nitrogen and oxygen atoms in total. The molecule has 0 fully saturated rings. The molecule has 2 aliphatic carbocycles. The minimum Gasteiger partial charge on any atom is -0.693 e. The molecule has 0 saturated carbocycles. The van der Waals surface area contributed by atoms with Gasteiger partial charge in [-0.05, 0) is 126 Å². The van der Waals surface area contributed by atoms with Gasteiger partial charge in [0.15, 0.2) is 0 Å². The summed E-state index contributed by atoms with van der Waals surface area (Å²) in [5, 5.41) is 39.6. The molecule has 2 aliphatic rings. The maximum Gasteiger partial charge on any atom is 2.00 e. The van der Waals surface area contributed by atoms with E-state index in [4.69, 9.17) is 19.7 Å². The number of benzene rings is 2. The van der Waals surface area contributed by atoms with Crippen molar-refractivity contribution in [1.82, 2.24) is 0 Å². The molecule has 0 bridgehead atoms. The first-order chi connectivity index (χ1) is 28.4. The zero-order valence-electron chi connectivity index (χ0n) is 38.2. The van der Waals surface area contributed by atoms with E-state index in [1.54, 1.807) is 12.1 Å². The molecule has 4 rings (SSSR count). The van der Waals surface area contributed by atoms with E-state index >= 15 is 0 Å². The van der Waals surface area contributed by atoms with Gasteiger partial charge in [-0.1, -0.05) is 87.1 Å². The van der Waals surface area contributed by atoms with Crippen molar-refractivity contribution >= 4 is 23.9 Å². The fraction of sp³-hybridized carbons (Fsp3) is 0.520. The van der Waals surface area contributed by atoms with Crippen LogP contribution in [0.2, 0.25) is 0 Å². The topological polar surface area (TPSA) is 235 Å². The van der Waals surface area contributed by atoms with Crippen molar-refractivity contribution in [3.8, 4) is 23.0 Å². The summed E-state index contributed by atoms with van der Waals surface area (Å²) in [6.45, 7) is 20.6. The van der Waals surface area contributed by atoms with E-state index in [1.807, 2.05) is 26.0 Å². The second-order valence-electron chi connectivity index (χ2n) is 16.8. The average Bonchev–Trinajstić information content (AvgIpc) is 3.16. The maximum atomic E-state index is 12.3. The number of esters is 2. The minimum absolute atomic E-state index is 0. The van der Waals surface area contributed by atoms with Gasteiger partial charge in [0.2, 0.25) is 0 Å². The molecule has 2 aromatic carbocycles. The summed E-state index contributed by atoms with van der Waals surface area (Å²) in [6.07, 6.45) is 14.9. The van der Waals surface area contributed by atoms with Gasteiger partial charge >= 0.3 is 44.9 Å². The van der Waals surface area contributed by atoms with Crippen molar-refractivity contribution in [2.24, 2.45) is 11.8 Å². The van der Waals surface area contributed by atoms with Crippen LogP contribution in [0.4, 0.5) is 0 Å². The van der Waals surface area contributed by atoms with E-state index in [0.717, 1.165) is 99.3 Å². The number of allylic oxidation sites excluding steroid dienone is 6. The van der Waals surface area contributed by atoms with Crippen molar-refractivity contribution in [3.05, 3.63) is 106 Å². The Morgan fingerprint density at radius 1 is 0.619 bits per heavy atom. The van der Waals surface area contributed by atoms with E-state index in [2.05, 4.69) is 53.0 Å². The summed E-state index contributed by atoms with van der Waals surface area (Å²) in [5.74, 6) is -2.39. The SMILES string of the molecule is C=C(C)C1CCC(C)=CC1c1c(O)cc(CCCCC)cc1OC(=O)CCC(=O)O.C=C(C)C1CCC(C)=CC1c1c(O)cc(CCCCC)cc1OC(=O)CCC(=O)O.[NH2-].[NH2-].[Pt+2]. The first-order valence-corrected chi connectivity index (χ1v) is 21.7. The van der Waals surface area contributed by atoms with Crippen LogP contribution in [0, 0.1) is 11.8 Å². The molecule has 0 spiro atoms. The van der Waals surface area contributed by atoms with Crippen molar-refractivity contribution in [2.75, 3.05) is 0 Å². The van der Waals surface area contributed by atoms with Gasteiger partial charge in [0, 0.05) is 23.0 Å². The monoisotopic (exact) mass is 1060 g/mol. The Morgan fingerprint density at radius 2 is 0.968 bits per heavy atom. The number of carbonyl (C=O) groups is 4. The fourth-order valence-electron chi connectivity index (χ4n) is 8.20. The number of aryl methyl sites for hydroxylation is 2. The van der Waals surface area contributed by atoms with Gasteiger partial charge in [-0.3, -0.25) is 19.2 Å². The van der Waals surface area contributed by atoms with E-state index in [9.17, 15) is 29.4 Å². The number of unbranched alkanes of at least 4 members (excludes halogenated alkanes) is 4. The number of carboxylic acid groups (broad SMARTS) is 2. The Bertz CT molecular complexity index is 1800. The number of hydrogen-bond donors (Lipinski definition) is 4. The summed E-state index contributed by atoms with van der Waals surface area (Å²) < 4.78 is 11.2. The van der Waals surface area contributed by atoms with E-state index in [-0.39, 0.29) is 94.2 Å². The maximum absolute atomic E-state index is 12.3. The minimum atomic E-state index is -1.04. The number of aromatic hydroxyl groups is 2. The van der Waals surface area contributed by atoms with Crippen LogP contribution in [0.5, 0.6) is 23.0 Å². The normalized spacial score (nSPS) is 17.7. The number of aliphatic carboxylic acids is 2. The molecule has 352 valence electrons. The predicted octanol–water partition coefficient (Wildman–Crippen LogP) is 13.3. The second-order valence-corrected chi connectivity index (χ2v) is 16.8. The van der Waals surface area contributed by atoms with Crippen molar-refractivity contribution in [2.45, 2.75) is 156 Å². The second kappa shape index (κ2) is 29.0. The third kappa shape index (κ3) is 18.6. The molecular formula is C50H72N2O10Pt. The molecule has 0 aromatic heterocycles. The third-order valence-corrected chi connectivity index (χ3v) is 11.5. The Hall–Kier alpha value is -4.51. The smallest absolute Gasteiger partial charge is 0.693 e. The number of phenolic OH excluding ortho intramolecular Hbond substituents is 2. The molecule has 0 aliphatic heterocycles. The van der Waals surface area contributed by atoms with E-state index in [0.29, 0.717) is 22.6 Å². The molecular weight excluding hydrogens is 984 g/mol. The van der Waals surface area contributed by atoms with E-state index < -0.39 is 23.9 Å². The van der Waals surface area contributed by atoms with E-state index in [1.165, 1.54) is 11.1 Å². The summed E-state index contributed by atoms with van der Waals surface area (Å²) >= 11 is 0. The first kappa shape index (κ1) is 58.5. The molecule has 0 radical (unpaired) electrons. The molecule has 63 heavy (non-hydrogen) atoms.